The smallest absolute Gasteiger partial charge is 0.107 e. The molecule has 0 saturated heterocycles. The lowest BCUT2D eigenvalue weighted by atomic mass is 10.2. The molecule has 17 heavy (non-hydrogen) atoms. The minimum Gasteiger partial charge on any atom is -0.310 e. The lowest BCUT2D eigenvalue weighted by Crippen LogP contribution is -2.27. The quantitative estimate of drug-likeness (QED) is 0.724. The van der Waals surface area contributed by atoms with E-state index in [2.05, 4.69) is 41.5 Å². The second-order valence-corrected chi connectivity index (χ2v) is 5.78. The Morgan fingerprint density at radius 3 is 2.76 bits per heavy atom. The summed E-state index contributed by atoms with van der Waals surface area (Å²) in [4.78, 5) is 6.82. The number of aryl methyl sites for hydroxylation is 1. The Balaban J connectivity index is 1.98. The molecule has 0 fully saturated rings. The van der Waals surface area contributed by atoms with E-state index in [9.17, 15) is 0 Å². The third-order valence-corrected chi connectivity index (χ3v) is 3.91. The van der Waals surface area contributed by atoms with Gasteiger partial charge in [-0.25, -0.2) is 4.98 Å². The van der Waals surface area contributed by atoms with Gasteiger partial charge in [0.15, 0.2) is 0 Å². The number of rotatable bonds is 8. The summed E-state index contributed by atoms with van der Waals surface area (Å²) in [5.74, 6) is 0. The van der Waals surface area contributed by atoms with Gasteiger partial charge >= 0.3 is 0 Å². The molecule has 98 valence electrons. The van der Waals surface area contributed by atoms with Crippen LogP contribution in [0.3, 0.4) is 0 Å². The highest BCUT2D eigenvalue weighted by Gasteiger charge is 2.02. The molecule has 0 aliphatic rings. The van der Waals surface area contributed by atoms with Crippen molar-refractivity contribution in [3.05, 3.63) is 16.1 Å². The van der Waals surface area contributed by atoms with E-state index < -0.39 is 0 Å². The molecular formula is C13H25N3S. The van der Waals surface area contributed by atoms with Gasteiger partial charge in [-0.15, -0.1) is 11.3 Å². The maximum absolute atomic E-state index is 4.43. The van der Waals surface area contributed by atoms with E-state index in [-0.39, 0.29) is 0 Å². The van der Waals surface area contributed by atoms with Crippen LogP contribution in [-0.2, 0) is 6.54 Å². The molecule has 0 saturated carbocycles. The number of unbranched alkanes of at least 4 members (excludes halogenated alkanes) is 1. The normalized spacial score (nSPS) is 11.6. The van der Waals surface area contributed by atoms with Crippen LogP contribution in [0.15, 0.2) is 5.38 Å². The Kier molecular flexibility index (Phi) is 6.70. The van der Waals surface area contributed by atoms with E-state index in [1.54, 1.807) is 11.3 Å². The zero-order valence-electron chi connectivity index (χ0n) is 11.5. The molecule has 0 aliphatic heterocycles. The van der Waals surface area contributed by atoms with Crippen LogP contribution < -0.4 is 5.32 Å². The molecule has 0 spiro atoms. The van der Waals surface area contributed by atoms with Crippen molar-refractivity contribution < 1.29 is 0 Å². The molecule has 1 aromatic rings. The molecule has 1 aromatic heterocycles. The highest BCUT2D eigenvalue weighted by Crippen LogP contribution is 2.07. The molecule has 4 heteroatoms. The maximum atomic E-state index is 4.43. The largest absolute Gasteiger partial charge is 0.310 e. The van der Waals surface area contributed by atoms with Crippen molar-refractivity contribution in [2.75, 3.05) is 20.1 Å². The monoisotopic (exact) mass is 255 g/mol. The zero-order valence-corrected chi connectivity index (χ0v) is 12.3. The molecule has 0 bridgehead atoms. The van der Waals surface area contributed by atoms with Crippen LogP contribution >= 0.6 is 11.3 Å². The fourth-order valence-electron chi connectivity index (χ4n) is 1.55. The lowest BCUT2D eigenvalue weighted by Gasteiger charge is -2.20. The van der Waals surface area contributed by atoms with Crippen molar-refractivity contribution in [3.8, 4) is 0 Å². The number of hydrogen-bond donors (Lipinski definition) is 1. The Labute approximate surface area is 109 Å². The molecule has 1 N–H and O–H groups in total. The molecule has 1 rings (SSSR count). The summed E-state index contributed by atoms with van der Waals surface area (Å²) in [6.07, 6.45) is 2.50. The van der Waals surface area contributed by atoms with E-state index in [0.29, 0.717) is 6.04 Å². The minimum absolute atomic E-state index is 0.654. The Bertz CT molecular complexity index is 309. The Hall–Kier alpha value is -0.450. The Morgan fingerprint density at radius 2 is 2.18 bits per heavy atom. The van der Waals surface area contributed by atoms with Gasteiger partial charge in [0.05, 0.1) is 0 Å². The van der Waals surface area contributed by atoms with Crippen LogP contribution in [0.2, 0.25) is 0 Å². The summed E-state index contributed by atoms with van der Waals surface area (Å²) in [6.45, 7) is 9.71. The molecular weight excluding hydrogens is 230 g/mol. The second-order valence-electron chi connectivity index (χ2n) is 4.84. The first kappa shape index (κ1) is 14.6. The van der Waals surface area contributed by atoms with Gasteiger partial charge in [-0.1, -0.05) is 0 Å². The van der Waals surface area contributed by atoms with E-state index in [0.717, 1.165) is 18.8 Å². The standard InChI is InChI=1S/C13H25N3S/c1-11(2)16(4)8-6-5-7-14-9-13-15-12(3)10-17-13/h10-11,14H,5-9H2,1-4H3. The van der Waals surface area contributed by atoms with Gasteiger partial charge in [0.1, 0.15) is 5.01 Å². The molecule has 0 radical (unpaired) electrons. The van der Waals surface area contributed by atoms with Gasteiger partial charge in [-0.3, -0.25) is 0 Å². The van der Waals surface area contributed by atoms with Gasteiger partial charge in [-0.05, 0) is 53.8 Å². The highest BCUT2D eigenvalue weighted by atomic mass is 32.1. The molecule has 0 unspecified atom stereocenters. The van der Waals surface area contributed by atoms with Crippen LogP contribution in [0.25, 0.3) is 0 Å². The van der Waals surface area contributed by atoms with Crippen molar-refractivity contribution in [2.45, 2.75) is 46.2 Å². The molecule has 0 amide bonds. The lowest BCUT2D eigenvalue weighted by molar-refractivity contribution is 0.268. The van der Waals surface area contributed by atoms with E-state index >= 15 is 0 Å². The summed E-state index contributed by atoms with van der Waals surface area (Å²) >= 11 is 1.74. The molecule has 0 atom stereocenters. The zero-order chi connectivity index (χ0) is 12.7. The summed E-state index contributed by atoms with van der Waals surface area (Å²) in [5.41, 5.74) is 1.13. The topological polar surface area (TPSA) is 28.2 Å². The molecule has 3 nitrogen and oxygen atoms in total. The molecule has 0 aliphatic carbocycles. The van der Waals surface area contributed by atoms with Crippen LogP contribution in [0, 0.1) is 6.92 Å². The predicted octanol–water partition coefficient (Wildman–Crippen LogP) is 2.66. The van der Waals surface area contributed by atoms with Crippen molar-refractivity contribution in [1.82, 2.24) is 15.2 Å². The van der Waals surface area contributed by atoms with Crippen molar-refractivity contribution >= 4 is 11.3 Å². The van der Waals surface area contributed by atoms with Crippen molar-refractivity contribution in [2.24, 2.45) is 0 Å². The van der Waals surface area contributed by atoms with E-state index in [4.69, 9.17) is 0 Å². The Morgan fingerprint density at radius 1 is 1.41 bits per heavy atom. The van der Waals surface area contributed by atoms with Crippen LogP contribution in [-0.4, -0.2) is 36.1 Å². The van der Waals surface area contributed by atoms with Gasteiger partial charge in [0.2, 0.25) is 0 Å². The van der Waals surface area contributed by atoms with Gasteiger partial charge in [0.25, 0.3) is 0 Å². The van der Waals surface area contributed by atoms with Gasteiger partial charge < -0.3 is 10.2 Å². The second kappa shape index (κ2) is 7.80. The first-order valence-electron chi connectivity index (χ1n) is 6.41. The van der Waals surface area contributed by atoms with E-state index in [1.165, 1.54) is 24.4 Å². The third kappa shape index (κ3) is 6.15. The average Bonchev–Trinajstić information content (AvgIpc) is 2.68. The summed E-state index contributed by atoms with van der Waals surface area (Å²) in [7, 11) is 2.19. The highest BCUT2D eigenvalue weighted by molar-refractivity contribution is 7.09. The number of nitrogens with one attached hydrogen (secondary N) is 1. The van der Waals surface area contributed by atoms with Gasteiger partial charge in [0, 0.05) is 23.7 Å². The molecule has 0 aromatic carbocycles. The number of nitrogens with zero attached hydrogens (tertiary/aromatic N) is 2. The van der Waals surface area contributed by atoms with Crippen molar-refractivity contribution in [3.63, 3.8) is 0 Å². The third-order valence-electron chi connectivity index (χ3n) is 2.94. The van der Waals surface area contributed by atoms with E-state index in [1.807, 2.05) is 6.92 Å². The number of aromatic nitrogens is 1. The number of hydrogen-bond acceptors (Lipinski definition) is 4. The first-order chi connectivity index (χ1) is 8.09. The van der Waals surface area contributed by atoms with Crippen LogP contribution in [0.1, 0.15) is 37.4 Å². The van der Waals surface area contributed by atoms with Crippen LogP contribution in [0.4, 0.5) is 0 Å². The fourth-order valence-corrected chi connectivity index (χ4v) is 2.29. The predicted molar refractivity (Wildman–Crippen MR) is 75.6 cm³/mol. The van der Waals surface area contributed by atoms with Gasteiger partial charge in [-0.2, -0.15) is 0 Å². The number of thiazole rings is 1. The SMILES string of the molecule is Cc1csc(CNCCCCN(C)C(C)C)n1. The minimum atomic E-state index is 0.654. The summed E-state index contributed by atoms with van der Waals surface area (Å²) in [6, 6.07) is 0.654. The fraction of sp³-hybridized carbons (Fsp3) is 0.769. The first-order valence-corrected chi connectivity index (χ1v) is 7.29. The summed E-state index contributed by atoms with van der Waals surface area (Å²) in [5, 5.41) is 6.75. The van der Waals surface area contributed by atoms with Crippen molar-refractivity contribution in [1.29, 1.82) is 0 Å². The summed E-state index contributed by atoms with van der Waals surface area (Å²) < 4.78 is 0. The molecule has 1 heterocycles. The van der Waals surface area contributed by atoms with Crippen LogP contribution in [0.5, 0.6) is 0 Å². The average molecular weight is 255 g/mol. The maximum Gasteiger partial charge on any atom is 0.107 e.